The van der Waals surface area contributed by atoms with Crippen molar-refractivity contribution in [3.63, 3.8) is 0 Å². The minimum absolute atomic E-state index is 0.0119. The van der Waals surface area contributed by atoms with Crippen molar-refractivity contribution in [3.8, 4) is 11.5 Å². The molecule has 2 N–H and O–H groups in total. The molecule has 0 saturated heterocycles. The summed E-state index contributed by atoms with van der Waals surface area (Å²) in [4.78, 5) is 16.6. The summed E-state index contributed by atoms with van der Waals surface area (Å²) in [6.07, 6.45) is 0.0119. The minimum atomic E-state index is -3.71. The van der Waals surface area contributed by atoms with Crippen LogP contribution in [0.3, 0.4) is 0 Å². The highest BCUT2D eigenvalue weighted by atomic mass is 32.2. The molecule has 144 valence electrons. The summed E-state index contributed by atoms with van der Waals surface area (Å²) in [5, 5.41) is 4.60. The fourth-order valence-corrected chi connectivity index (χ4v) is 4.54. The monoisotopic (exact) mass is 417 g/mol. The van der Waals surface area contributed by atoms with Crippen LogP contribution in [-0.2, 0) is 21.2 Å². The Bertz CT molecular complexity index is 1110. The number of nitrogens with zero attached hydrogens (tertiary/aromatic N) is 1. The van der Waals surface area contributed by atoms with E-state index >= 15 is 0 Å². The SMILES string of the molecule is O=C(Cc1csc(NS(=O)(=O)c2ccccc2)n1)Nc1ccc2c(c1)OCO2. The number of amides is 1. The van der Waals surface area contributed by atoms with Gasteiger partial charge in [0.05, 0.1) is 17.0 Å². The Morgan fingerprint density at radius 1 is 1.11 bits per heavy atom. The molecule has 0 spiro atoms. The van der Waals surface area contributed by atoms with Gasteiger partial charge in [-0.1, -0.05) is 18.2 Å². The second kappa shape index (κ2) is 7.49. The predicted octanol–water partition coefficient (Wildman–Crippen LogP) is 2.85. The van der Waals surface area contributed by atoms with Gasteiger partial charge in [0.25, 0.3) is 10.0 Å². The lowest BCUT2D eigenvalue weighted by Crippen LogP contribution is -2.15. The van der Waals surface area contributed by atoms with Gasteiger partial charge >= 0.3 is 0 Å². The fraction of sp³-hybridized carbons (Fsp3) is 0.111. The van der Waals surface area contributed by atoms with Crippen molar-refractivity contribution in [2.45, 2.75) is 11.3 Å². The van der Waals surface area contributed by atoms with E-state index in [2.05, 4.69) is 15.0 Å². The highest BCUT2D eigenvalue weighted by Gasteiger charge is 2.17. The molecule has 0 fully saturated rings. The van der Waals surface area contributed by atoms with Crippen LogP contribution >= 0.6 is 11.3 Å². The summed E-state index contributed by atoms with van der Waals surface area (Å²) < 4.78 is 37.6. The first-order chi connectivity index (χ1) is 13.5. The standard InChI is InChI=1S/C18H15N3O5S2/c22-17(19-12-6-7-15-16(8-12)26-11-25-15)9-13-10-27-18(20-13)21-28(23,24)14-4-2-1-3-5-14/h1-8,10H,9,11H2,(H,19,22)(H,20,21). The molecule has 0 atom stereocenters. The molecular weight excluding hydrogens is 402 g/mol. The Morgan fingerprint density at radius 2 is 1.89 bits per heavy atom. The number of carbonyl (C=O) groups is 1. The Morgan fingerprint density at radius 3 is 2.71 bits per heavy atom. The number of ether oxygens (including phenoxy) is 2. The average Bonchev–Trinajstić information content (AvgIpc) is 3.31. The van der Waals surface area contributed by atoms with Crippen molar-refractivity contribution >= 4 is 38.1 Å². The molecule has 0 radical (unpaired) electrons. The Balaban J connectivity index is 1.38. The third-order valence-electron chi connectivity index (χ3n) is 3.82. The third kappa shape index (κ3) is 4.07. The molecule has 2 aromatic carbocycles. The van der Waals surface area contributed by atoms with Crippen LogP contribution in [0.15, 0.2) is 58.8 Å². The van der Waals surface area contributed by atoms with E-state index in [-0.39, 0.29) is 29.1 Å². The van der Waals surface area contributed by atoms with Crippen LogP contribution in [-0.4, -0.2) is 26.1 Å². The van der Waals surface area contributed by atoms with Crippen LogP contribution in [0.1, 0.15) is 5.69 Å². The van der Waals surface area contributed by atoms with Crippen molar-refractivity contribution in [1.82, 2.24) is 4.98 Å². The lowest BCUT2D eigenvalue weighted by Gasteiger charge is -2.05. The molecule has 4 rings (SSSR count). The number of aromatic nitrogens is 1. The van der Waals surface area contributed by atoms with Crippen LogP contribution in [0.25, 0.3) is 0 Å². The molecule has 8 nitrogen and oxygen atoms in total. The molecule has 0 saturated carbocycles. The summed E-state index contributed by atoms with van der Waals surface area (Å²) in [6, 6.07) is 13.1. The molecule has 3 aromatic rings. The van der Waals surface area contributed by atoms with Crippen molar-refractivity contribution < 1.29 is 22.7 Å². The summed E-state index contributed by atoms with van der Waals surface area (Å²) in [5.74, 6) is 0.929. The van der Waals surface area contributed by atoms with Gasteiger partial charge in [0.1, 0.15) is 0 Å². The van der Waals surface area contributed by atoms with Crippen LogP contribution in [0, 0.1) is 0 Å². The number of anilines is 2. The highest BCUT2D eigenvalue weighted by molar-refractivity contribution is 7.93. The number of hydrogen-bond acceptors (Lipinski definition) is 7. The summed E-state index contributed by atoms with van der Waals surface area (Å²) in [6.45, 7) is 0.160. The number of benzene rings is 2. The van der Waals surface area contributed by atoms with E-state index in [1.807, 2.05) is 0 Å². The zero-order valence-corrected chi connectivity index (χ0v) is 16.0. The molecule has 2 heterocycles. The Kier molecular flexibility index (Phi) is 4.88. The van der Waals surface area contributed by atoms with Gasteiger partial charge < -0.3 is 14.8 Å². The number of carbonyl (C=O) groups excluding carboxylic acids is 1. The van der Waals surface area contributed by atoms with Gasteiger partial charge in [-0.25, -0.2) is 13.4 Å². The predicted molar refractivity (Wildman–Crippen MR) is 104 cm³/mol. The average molecular weight is 417 g/mol. The zero-order chi connectivity index (χ0) is 19.6. The second-order valence-electron chi connectivity index (χ2n) is 5.86. The lowest BCUT2D eigenvalue weighted by atomic mass is 10.2. The number of hydrogen-bond donors (Lipinski definition) is 2. The quantitative estimate of drug-likeness (QED) is 0.639. The topological polar surface area (TPSA) is 107 Å². The van der Waals surface area contributed by atoms with Crippen molar-refractivity contribution in [2.75, 3.05) is 16.8 Å². The molecular formula is C18H15N3O5S2. The number of sulfonamides is 1. The normalized spacial score (nSPS) is 12.6. The highest BCUT2D eigenvalue weighted by Crippen LogP contribution is 2.34. The van der Waals surface area contributed by atoms with E-state index in [0.717, 1.165) is 11.3 Å². The van der Waals surface area contributed by atoms with Gasteiger partial charge in [-0.15, -0.1) is 11.3 Å². The molecule has 0 bridgehead atoms. The van der Waals surface area contributed by atoms with E-state index in [4.69, 9.17) is 9.47 Å². The first-order valence-electron chi connectivity index (χ1n) is 8.21. The summed E-state index contributed by atoms with van der Waals surface area (Å²) in [5.41, 5.74) is 1.04. The number of thiazole rings is 1. The maximum absolute atomic E-state index is 12.3. The van der Waals surface area contributed by atoms with Gasteiger partial charge in [0.2, 0.25) is 12.7 Å². The number of nitrogens with one attached hydrogen (secondary N) is 2. The molecule has 1 amide bonds. The van der Waals surface area contributed by atoms with E-state index in [0.29, 0.717) is 22.9 Å². The van der Waals surface area contributed by atoms with Crippen molar-refractivity contribution in [1.29, 1.82) is 0 Å². The molecule has 1 aliphatic heterocycles. The van der Waals surface area contributed by atoms with Crippen LogP contribution in [0.2, 0.25) is 0 Å². The smallest absolute Gasteiger partial charge is 0.263 e. The Hall–Kier alpha value is -3.11. The first kappa shape index (κ1) is 18.3. The zero-order valence-electron chi connectivity index (χ0n) is 14.4. The summed E-state index contributed by atoms with van der Waals surface area (Å²) in [7, 11) is -3.71. The van der Waals surface area contributed by atoms with E-state index in [9.17, 15) is 13.2 Å². The van der Waals surface area contributed by atoms with Gasteiger partial charge in [-0.3, -0.25) is 9.52 Å². The summed E-state index contributed by atoms with van der Waals surface area (Å²) >= 11 is 1.12. The molecule has 1 aromatic heterocycles. The van der Waals surface area contributed by atoms with Crippen LogP contribution in [0.5, 0.6) is 11.5 Å². The van der Waals surface area contributed by atoms with Crippen molar-refractivity contribution in [3.05, 3.63) is 59.6 Å². The van der Waals surface area contributed by atoms with Crippen molar-refractivity contribution in [2.24, 2.45) is 0 Å². The second-order valence-corrected chi connectivity index (χ2v) is 8.40. The Labute approximate surface area is 165 Å². The maximum Gasteiger partial charge on any atom is 0.263 e. The van der Waals surface area contributed by atoms with Gasteiger partial charge in [-0.05, 0) is 24.3 Å². The maximum atomic E-state index is 12.3. The van der Waals surface area contributed by atoms with E-state index in [1.54, 1.807) is 41.8 Å². The van der Waals surface area contributed by atoms with Crippen LogP contribution in [0.4, 0.5) is 10.8 Å². The number of fused-ring (bicyclic) bond motifs is 1. The molecule has 10 heteroatoms. The van der Waals surface area contributed by atoms with E-state index in [1.165, 1.54) is 12.1 Å². The van der Waals surface area contributed by atoms with E-state index < -0.39 is 10.0 Å². The van der Waals surface area contributed by atoms with Gasteiger partial charge in [0.15, 0.2) is 16.6 Å². The molecule has 1 aliphatic rings. The minimum Gasteiger partial charge on any atom is -0.454 e. The molecule has 0 unspecified atom stereocenters. The lowest BCUT2D eigenvalue weighted by molar-refractivity contribution is -0.115. The molecule has 0 aliphatic carbocycles. The van der Waals surface area contributed by atoms with Gasteiger partial charge in [-0.2, -0.15) is 0 Å². The van der Waals surface area contributed by atoms with Gasteiger partial charge in [0, 0.05) is 17.1 Å². The van der Waals surface area contributed by atoms with Crippen LogP contribution < -0.4 is 19.5 Å². The molecule has 28 heavy (non-hydrogen) atoms. The fourth-order valence-electron chi connectivity index (χ4n) is 2.55. The largest absolute Gasteiger partial charge is 0.454 e. The third-order valence-corrected chi connectivity index (χ3v) is 6.12. The first-order valence-corrected chi connectivity index (χ1v) is 10.6. The number of rotatable bonds is 6.